The summed E-state index contributed by atoms with van der Waals surface area (Å²) < 4.78 is 9.05. The number of carbonyl (C=O) groups excluding carboxylic acids is 2. The number of carboxylic acids is 4. The van der Waals surface area contributed by atoms with Crippen molar-refractivity contribution in [1.29, 1.82) is 0 Å². The quantitative estimate of drug-likeness (QED) is 0.0468. The fourth-order valence-corrected chi connectivity index (χ4v) is 6.90. The van der Waals surface area contributed by atoms with Gasteiger partial charge in [0, 0.05) is 0 Å². The van der Waals surface area contributed by atoms with Crippen molar-refractivity contribution in [2.24, 2.45) is 0 Å². The van der Waals surface area contributed by atoms with Gasteiger partial charge in [-0.2, -0.15) is 0 Å². The molecule has 15 heteroatoms. The number of nitrogens with zero attached hydrogens (tertiary/aromatic N) is 1. The summed E-state index contributed by atoms with van der Waals surface area (Å²) in [6, 6.07) is 0. The molecule has 33 heavy (non-hydrogen) atoms. The second-order valence-corrected chi connectivity index (χ2v) is 12.2. The molecule has 0 aromatic rings. The zero-order valence-electron chi connectivity index (χ0n) is 17.8. The van der Waals surface area contributed by atoms with Crippen LogP contribution < -0.4 is 5.32 Å². The predicted octanol–water partition coefficient (Wildman–Crippen LogP) is -0.653. The summed E-state index contributed by atoms with van der Waals surface area (Å²) >= 11 is -2.76. The molecule has 0 aromatic heterocycles. The third-order valence-corrected chi connectivity index (χ3v) is 9.09. The first-order chi connectivity index (χ1) is 15.3. The van der Waals surface area contributed by atoms with E-state index in [1.165, 1.54) is 6.92 Å². The van der Waals surface area contributed by atoms with Crippen LogP contribution in [0.1, 0.15) is 6.92 Å². The first-order valence-corrected chi connectivity index (χ1v) is 13.8. The van der Waals surface area contributed by atoms with Crippen LogP contribution >= 0.6 is 19.8 Å². The van der Waals surface area contributed by atoms with Gasteiger partial charge in [0.05, 0.1) is 0 Å². The molecular weight excluding hydrogens is 563 g/mol. The van der Waals surface area contributed by atoms with Crippen molar-refractivity contribution in [2.45, 2.75) is 13.0 Å². The molecule has 0 saturated carbocycles. The van der Waals surface area contributed by atoms with Gasteiger partial charge in [0.2, 0.25) is 0 Å². The van der Waals surface area contributed by atoms with Crippen molar-refractivity contribution in [3.05, 3.63) is 12.2 Å². The number of ether oxygens (including phenoxy) is 2. The van der Waals surface area contributed by atoms with Crippen molar-refractivity contribution in [3.63, 3.8) is 0 Å². The van der Waals surface area contributed by atoms with E-state index >= 15 is 0 Å². The van der Waals surface area contributed by atoms with Crippen molar-refractivity contribution in [3.8, 4) is 0 Å². The number of aliphatic carboxylic acids is 4. The number of hydrogen-bond acceptors (Lipinski definition) is 9. The SMILES string of the molecule is C=C(C)C(=O)OCCNC(=O)OC(CN(CC(=O)O)CC(=O)O)CI(CC(=O)O)CC(=O)O. The predicted molar refractivity (Wildman–Crippen MR) is 120 cm³/mol. The topological polar surface area (TPSA) is 217 Å². The number of hydrogen-bond donors (Lipinski definition) is 5. The monoisotopic (exact) mass is 590 g/mol. The number of alkyl halides is 3. The Bertz CT molecular complexity index is 687. The van der Waals surface area contributed by atoms with Crippen molar-refractivity contribution in [1.82, 2.24) is 10.2 Å². The van der Waals surface area contributed by atoms with Gasteiger partial charge in [-0.1, -0.05) is 0 Å². The number of esters is 1. The molecule has 0 fully saturated rings. The molecule has 0 rings (SSSR count). The molecule has 188 valence electrons. The van der Waals surface area contributed by atoms with Crippen LogP contribution in [-0.2, 0) is 33.4 Å². The third-order valence-electron chi connectivity index (χ3n) is 3.40. The number of carboxylic acid groups (broad SMARTS) is 4. The Hall–Kier alpha value is -2.95. The Balaban J connectivity index is 5.28. The number of nitrogens with one attached hydrogen (secondary N) is 1. The van der Waals surface area contributed by atoms with E-state index < -0.39 is 83.8 Å². The normalized spacial score (nSPS) is 11.8. The molecule has 14 nitrogen and oxygen atoms in total. The average molecular weight is 590 g/mol. The van der Waals surface area contributed by atoms with Gasteiger partial charge in [-0.3, -0.25) is 0 Å². The summed E-state index contributed by atoms with van der Waals surface area (Å²) in [4.78, 5) is 68.7. The first-order valence-electron chi connectivity index (χ1n) is 9.24. The van der Waals surface area contributed by atoms with Gasteiger partial charge in [-0.25, -0.2) is 0 Å². The molecular formula is C18H27IN2O12. The molecule has 5 N–H and O–H groups in total. The number of amides is 1. The maximum absolute atomic E-state index is 12.1. The van der Waals surface area contributed by atoms with Crippen LogP contribution in [0.2, 0.25) is 0 Å². The Morgan fingerprint density at radius 3 is 1.88 bits per heavy atom. The number of alkyl carbamates (subject to hydrolysis) is 1. The van der Waals surface area contributed by atoms with E-state index in [0.29, 0.717) is 0 Å². The minimum atomic E-state index is -2.76. The van der Waals surface area contributed by atoms with Crippen LogP contribution in [0.25, 0.3) is 0 Å². The Kier molecular flexibility index (Phi) is 14.4. The van der Waals surface area contributed by atoms with E-state index in [9.17, 15) is 28.8 Å². The van der Waals surface area contributed by atoms with Gasteiger partial charge < -0.3 is 0 Å². The fourth-order valence-electron chi connectivity index (χ4n) is 2.31. The van der Waals surface area contributed by atoms with E-state index in [-0.39, 0.29) is 29.7 Å². The van der Waals surface area contributed by atoms with Crippen LogP contribution in [-0.4, -0.2) is 113 Å². The molecule has 1 amide bonds. The number of rotatable bonds is 17. The van der Waals surface area contributed by atoms with Crippen LogP contribution in [0.15, 0.2) is 12.2 Å². The number of carbonyl (C=O) groups is 6. The minimum absolute atomic E-state index is 0.129. The van der Waals surface area contributed by atoms with Gasteiger partial charge in [-0.05, 0) is 0 Å². The van der Waals surface area contributed by atoms with E-state index in [0.717, 1.165) is 4.90 Å². The van der Waals surface area contributed by atoms with Gasteiger partial charge in [0.15, 0.2) is 0 Å². The standard InChI is InChI=1S/C18H27IN2O12/c1-11(2)17(30)32-4-3-20-18(31)33-12(5-19(6-13(22)23)7-14(24)25)8-21(9-15(26)27)10-16(28)29/h12H,1,3-10H2,2H3,(H,20,31)(H,22,23)(H,24,25)(H,26,27)(H,28,29). The molecule has 0 aliphatic rings. The molecule has 0 spiro atoms. The van der Waals surface area contributed by atoms with Crippen LogP contribution in [0.4, 0.5) is 4.79 Å². The molecule has 0 radical (unpaired) electrons. The molecule has 0 saturated heterocycles. The Labute approximate surface area is 195 Å². The Morgan fingerprint density at radius 1 is 0.939 bits per heavy atom. The summed E-state index contributed by atoms with van der Waals surface area (Å²) in [7, 11) is 0. The summed E-state index contributed by atoms with van der Waals surface area (Å²) in [5.74, 6) is -5.80. The zero-order chi connectivity index (χ0) is 25.6. The molecule has 0 aliphatic carbocycles. The van der Waals surface area contributed by atoms with Crippen molar-refractivity contribution in [2.75, 3.05) is 46.1 Å². The van der Waals surface area contributed by atoms with Crippen molar-refractivity contribution < 1.29 is 58.7 Å². The van der Waals surface area contributed by atoms with Gasteiger partial charge >= 0.3 is 196 Å². The molecule has 0 aliphatic heterocycles. The molecule has 0 heterocycles. The van der Waals surface area contributed by atoms with E-state index in [1.54, 1.807) is 0 Å². The number of halogens is 1. The second kappa shape index (κ2) is 15.8. The summed E-state index contributed by atoms with van der Waals surface area (Å²) in [5, 5.41) is 38.4. The summed E-state index contributed by atoms with van der Waals surface area (Å²) in [6.07, 6.45) is -2.18. The van der Waals surface area contributed by atoms with Gasteiger partial charge in [0.25, 0.3) is 0 Å². The van der Waals surface area contributed by atoms with Gasteiger partial charge in [0.1, 0.15) is 0 Å². The maximum atomic E-state index is 12.1. The van der Waals surface area contributed by atoms with Crippen molar-refractivity contribution >= 4 is 55.8 Å². The van der Waals surface area contributed by atoms with Crippen LogP contribution in [0, 0.1) is 0 Å². The Morgan fingerprint density at radius 2 is 1.45 bits per heavy atom. The molecule has 1 atom stereocenters. The first kappa shape index (κ1) is 30.0. The van der Waals surface area contributed by atoms with Crippen LogP contribution in [0.5, 0.6) is 0 Å². The zero-order valence-corrected chi connectivity index (χ0v) is 20.0. The third kappa shape index (κ3) is 16.4. The molecule has 0 aromatic carbocycles. The fraction of sp³-hybridized carbons (Fsp3) is 0.556. The van der Waals surface area contributed by atoms with E-state index in [1.807, 2.05) is 0 Å². The summed E-state index contributed by atoms with van der Waals surface area (Å²) in [6.45, 7) is 2.71. The average Bonchev–Trinajstić information content (AvgIpc) is 2.62. The molecule has 1 unspecified atom stereocenters. The second-order valence-electron chi connectivity index (χ2n) is 6.60. The molecule has 0 bridgehead atoms. The summed E-state index contributed by atoms with van der Waals surface area (Å²) in [5.41, 5.74) is 0.156. The van der Waals surface area contributed by atoms with Crippen LogP contribution in [0.3, 0.4) is 0 Å². The van der Waals surface area contributed by atoms with E-state index in [4.69, 9.17) is 29.9 Å². The van der Waals surface area contributed by atoms with Gasteiger partial charge in [-0.15, -0.1) is 0 Å². The van der Waals surface area contributed by atoms with E-state index in [2.05, 4.69) is 11.9 Å².